The molecule has 4 heteroatoms. The lowest BCUT2D eigenvalue weighted by molar-refractivity contribution is 0.180. The van der Waals surface area contributed by atoms with Crippen molar-refractivity contribution in [3.05, 3.63) is 17.5 Å². The van der Waals surface area contributed by atoms with Gasteiger partial charge in [0.05, 0.1) is 12.3 Å². The molecule has 1 aromatic heterocycles. The molecule has 0 spiro atoms. The van der Waals surface area contributed by atoms with Crippen LogP contribution in [0.1, 0.15) is 31.7 Å². The molecule has 1 saturated heterocycles. The van der Waals surface area contributed by atoms with E-state index in [2.05, 4.69) is 29.7 Å². The lowest BCUT2D eigenvalue weighted by Gasteiger charge is -2.17. The molecule has 0 aromatic carbocycles. The zero-order chi connectivity index (χ0) is 12.3. The maximum Gasteiger partial charge on any atom is 0.0624 e. The van der Waals surface area contributed by atoms with Crippen LogP contribution in [0.4, 0.5) is 0 Å². The molecule has 1 aliphatic heterocycles. The summed E-state index contributed by atoms with van der Waals surface area (Å²) in [4.78, 5) is 0. The largest absolute Gasteiger partial charge is 0.381 e. The SMILES string of the molecule is CCc1cc(CC(N)C2CCOC2)n(CC)n1. The lowest BCUT2D eigenvalue weighted by atomic mass is 9.95. The van der Waals surface area contributed by atoms with Crippen LogP contribution in [0.3, 0.4) is 0 Å². The number of hydrogen-bond acceptors (Lipinski definition) is 3. The van der Waals surface area contributed by atoms with Gasteiger partial charge in [0, 0.05) is 31.3 Å². The van der Waals surface area contributed by atoms with E-state index in [0.29, 0.717) is 5.92 Å². The second-order valence-electron chi connectivity index (χ2n) is 4.79. The lowest BCUT2D eigenvalue weighted by Crippen LogP contribution is -2.33. The van der Waals surface area contributed by atoms with Crippen LogP contribution in [0.5, 0.6) is 0 Å². The molecule has 1 fully saturated rings. The summed E-state index contributed by atoms with van der Waals surface area (Å²) in [5.74, 6) is 0.514. The average molecular weight is 237 g/mol. The first kappa shape index (κ1) is 12.6. The summed E-state index contributed by atoms with van der Waals surface area (Å²) in [5.41, 5.74) is 8.70. The number of hydrogen-bond donors (Lipinski definition) is 1. The fourth-order valence-electron chi connectivity index (χ4n) is 2.42. The normalized spacial score (nSPS) is 21.9. The van der Waals surface area contributed by atoms with E-state index in [9.17, 15) is 0 Å². The number of rotatable bonds is 5. The molecule has 96 valence electrons. The Kier molecular flexibility index (Phi) is 4.18. The number of nitrogens with zero attached hydrogens (tertiary/aromatic N) is 2. The van der Waals surface area contributed by atoms with E-state index in [-0.39, 0.29) is 6.04 Å². The van der Waals surface area contributed by atoms with Crippen molar-refractivity contribution < 1.29 is 4.74 Å². The van der Waals surface area contributed by atoms with Crippen LogP contribution in [0.15, 0.2) is 6.07 Å². The molecule has 0 aliphatic carbocycles. The molecule has 0 saturated carbocycles. The van der Waals surface area contributed by atoms with Gasteiger partial charge in [0.1, 0.15) is 0 Å². The molecule has 1 aliphatic rings. The Bertz CT molecular complexity index is 356. The third kappa shape index (κ3) is 2.87. The van der Waals surface area contributed by atoms with Gasteiger partial charge in [-0.15, -0.1) is 0 Å². The van der Waals surface area contributed by atoms with Gasteiger partial charge < -0.3 is 10.5 Å². The third-order valence-corrected chi connectivity index (χ3v) is 3.59. The van der Waals surface area contributed by atoms with E-state index < -0.39 is 0 Å². The second kappa shape index (κ2) is 5.65. The van der Waals surface area contributed by atoms with Crippen molar-refractivity contribution in [1.29, 1.82) is 0 Å². The summed E-state index contributed by atoms with van der Waals surface area (Å²) in [7, 11) is 0. The Balaban J connectivity index is 2.03. The minimum atomic E-state index is 0.198. The Labute approximate surface area is 103 Å². The van der Waals surface area contributed by atoms with Crippen LogP contribution < -0.4 is 5.73 Å². The Hall–Kier alpha value is -0.870. The fourth-order valence-corrected chi connectivity index (χ4v) is 2.42. The van der Waals surface area contributed by atoms with E-state index in [1.807, 2.05) is 0 Å². The van der Waals surface area contributed by atoms with Crippen molar-refractivity contribution in [1.82, 2.24) is 9.78 Å². The molecular weight excluding hydrogens is 214 g/mol. The smallest absolute Gasteiger partial charge is 0.0624 e. The highest BCUT2D eigenvalue weighted by Crippen LogP contribution is 2.19. The van der Waals surface area contributed by atoms with Gasteiger partial charge in [-0.1, -0.05) is 6.92 Å². The van der Waals surface area contributed by atoms with Gasteiger partial charge in [-0.3, -0.25) is 4.68 Å². The number of aryl methyl sites for hydroxylation is 2. The van der Waals surface area contributed by atoms with E-state index in [1.165, 1.54) is 5.69 Å². The summed E-state index contributed by atoms with van der Waals surface area (Å²) >= 11 is 0. The average Bonchev–Trinajstić information content (AvgIpc) is 2.97. The van der Waals surface area contributed by atoms with Gasteiger partial charge in [-0.05, 0) is 31.7 Å². The molecule has 2 rings (SSSR count). The zero-order valence-corrected chi connectivity index (χ0v) is 10.9. The Morgan fingerprint density at radius 3 is 3.00 bits per heavy atom. The molecule has 2 heterocycles. The number of nitrogens with two attached hydrogens (primary N) is 1. The van der Waals surface area contributed by atoms with Crippen molar-refractivity contribution >= 4 is 0 Å². The molecular formula is C13H23N3O. The molecule has 0 amide bonds. The van der Waals surface area contributed by atoms with Crippen molar-refractivity contribution in [3.8, 4) is 0 Å². The molecule has 2 atom stereocenters. The van der Waals surface area contributed by atoms with E-state index in [4.69, 9.17) is 10.5 Å². The maximum atomic E-state index is 6.26. The highest BCUT2D eigenvalue weighted by atomic mass is 16.5. The first-order valence-corrected chi connectivity index (χ1v) is 6.63. The van der Waals surface area contributed by atoms with E-state index in [0.717, 1.165) is 44.7 Å². The second-order valence-corrected chi connectivity index (χ2v) is 4.79. The van der Waals surface area contributed by atoms with Crippen LogP contribution >= 0.6 is 0 Å². The third-order valence-electron chi connectivity index (χ3n) is 3.59. The first-order valence-electron chi connectivity index (χ1n) is 6.63. The van der Waals surface area contributed by atoms with Gasteiger partial charge in [0.15, 0.2) is 0 Å². The summed E-state index contributed by atoms with van der Waals surface area (Å²) in [5, 5.41) is 4.56. The molecule has 0 radical (unpaired) electrons. The summed E-state index contributed by atoms with van der Waals surface area (Å²) < 4.78 is 7.47. The summed E-state index contributed by atoms with van der Waals surface area (Å²) in [6, 6.07) is 2.39. The van der Waals surface area contributed by atoms with Crippen molar-refractivity contribution in [2.75, 3.05) is 13.2 Å². The number of aromatic nitrogens is 2. The summed E-state index contributed by atoms with van der Waals surface area (Å²) in [6.07, 6.45) is 3.00. The highest BCUT2D eigenvalue weighted by molar-refractivity contribution is 5.12. The van der Waals surface area contributed by atoms with Crippen molar-refractivity contribution in [3.63, 3.8) is 0 Å². The topological polar surface area (TPSA) is 53.1 Å². The van der Waals surface area contributed by atoms with E-state index >= 15 is 0 Å². The molecule has 0 bridgehead atoms. The van der Waals surface area contributed by atoms with Gasteiger partial charge in [-0.25, -0.2) is 0 Å². The zero-order valence-electron chi connectivity index (χ0n) is 10.9. The van der Waals surface area contributed by atoms with E-state index in [1.54, 1.807) is 0 Å². The summed E-state index contributed by atoms with van der Waals surface area (Å²) in [6.45, 7) is 6.87. The van der Waals surface area contributed by atoms with Gasteiger partial charge in [-0.2, -0.15) is 5.10 Å². The van der Waals surface area contributed by atoms with Gasteiger partial charge in [0.2, 0.25) is 0 Å². The molecule has 1 aromatic rings. The quantitative estimate of drug-likeness (QED) is 0.841. The monoisotopic (exact) mass is 237 g/mol. The Morgan fingerprint density at radius 1 is 1.59 bits per heavy atom. The van der Waals surface area contributed by atoms with Crippen LogP contribution in [-0.4, -0.2) is 29.0 Å². The predicted molar refractivity (Wildman–Crippen MR) is 67.9 cm³/mol. The standard InChI is InChI=1S/C13H23N3O/c1-3-11-7-12(16(4-2)15-11)8-13(14)10-5-6-17-9-10/h7,10,13H,3-6,8-9,14H2,1-2H3. The Morgan fingerprint density at radius 2 is 2.41 bits per heavy atom. The number of ether oxygens (including phenoxy) is 1. The fraction of sp³-hybridized carbons (Fsp3) is 0.769. The van der Waals surface area contributed by atoms with Crippen LogP contribution in [0, 0.1) is 5.92 Å². The van der Waals surface area contributed by atoms with Gasteiger partial charge in [0.25, 0.3) is 0 Å². The maximum absolute atomic E-state index is 6.26. The minimum Gasteiger partial charge on any atom is -0.381 e. The first-order chi connectivity index (χ1) is 8.24. The van der Waals surface area contributed by atoms with Gasteiger partial charge >= 0.3 is 0 Å². The molecule has 17 heavy (non-hydrogen) atoms. The molecule has 2 unspecified atom stereocenters. The minimum absolute atomic E-state index is 0.198. The van der Waals surface area contributed by atoms with Crippen LogP contribution in [0.25, 0.3) is 0 Å². The predicted octanol–water partition coefficient (Wildman–Crippen LogP) is 1.37. The van der Waals surface area contributed by atoms with Crippen molar-refractivity contribution in [2.45, 2.75) is 45.7 Å². The molecule has 4 nitrogen and oxygen atoms in total. The highest BCUT2D eigenvalue weighted by Gasteiger charge is 2.24. The molecule has 2 N–H and O–H groups in total. The van der Waals surface area contributed by atoms with Crippen LogP contribution in [-0.2, 0) is 24.1 Å². The van der Waals surface area contributed by atoms with Crippen molar-refractivity contribution in [2.24, 2.45) is 11.7 Å². The van der Waals surface area contributed by atoms with Crippen LogP contribution in [0.2, 0.25) is 0 Å².